The summed E-state index contributed by atoms with van der Waals surface area (Å²) >= 11 is 0. The van der Waals surface area contributed by atoms with E-state index in [0.717, 1.165) is 38.0 Å². The van der Waals surface area contributed by atoms with E-state index in [1.807, 2.05) is 0 Å². The molecule has 0 aromatic rings. The molecule has 0 aliphatic rings. The highest BCUT2D eigenvalue weighted by molar-refractivity contribution is 5.78. The van der Waals surface area contributed by atoms with Gasteiger partial charge in [0, 0.05) is 65.0 Å². The van der Waals surface area contributed by atoms with Crippen LogP contribution >= 0.6 is 0 Å². The van der Waals surface area contributed by atoms with Crippen molar-refractivity contribution in [3.8, 4) is 0 Å². The maximum absolute atomic E-state index is 12.1. The number of hydrogen-bond donors (Lipinski definition) is 6. The number of unbranched alkanes of at least 4 members (excludes halogenated alkanes) is 15. The smallest absolute Gasteiger partial charge is 0.246 e. The first kappa shape index (κ1) is 61.7. The lowest BCUT2D eigenvalue weighted by atomic mass is 10.0. The van der Waals surface area contributed by atoms with Gasteiger partial charge in [-0.05, 0) is 38.0 Å². The molecule has 16 nitrogen and oxygen atoms in total. The Balaban J connectivity index is 3.44. The summed E-state index contributed by atoms with van der Waals surface area (Å²) in [5.41, 5.74) is 0. The van der Waals surface area contributed by atoms with Crippen LogP contribution < -0.4 is 31.9 Å². The predicted molar refractivity (Wildman–Crippen MR) is 257 cm³/mol. The van der Waals surface area contributed by atoms with Crippen molar-refractivity contribution in [3.63, 3.8) is 0 Å². The summed E-state index contributed by atoms with van der Waals surface area (Å²) in [5, 5.41) is 16.8. The van der Waals surface area contributed by atoms with Crippen molar-refractivity contribution < 1.29 is 47.7 Å². The molecule has 0 unspecified atom stereocenters. The minimum Gasteiger partial charge on any atom is -0.377 e. The molecule has 0 aliphatic carbocycles. The molecule has 0 atom stereocenters. The summed E-state index contributed by atoms with van der Waals surface area (Å²) in [6, 6.07) is 0. The molecule has 0 aliphatic heterocycles. The van der Waals surface area contributed by atoms with E-state index in [2.05, 4.69) is 52.7 Å². The molecule has 380 valence electrons. The molecule has 6 amide bonds. The molecule has 0 rings (SSSR count). The maximum Gasteiger partial charge on any atom is 0.246 e. The van der Waals surface area contributed by atoms with Crippen LogP contribution in [0.3, 0.4) is 0 Å². The number of rotatable bonds is 49. The van der Waals surface area contributed by atoms with Crippen molar-refractivity contribution in [1.29, 1.82) is 0 Å². The maximum atomic E-state index is 12.1. The Bertz CT molecular complexity index is 1180. The van der Waals surface area contributed by atoms with Crippen LogP contribution in [0.4, 0.5) is 0 Å². The fraction of sp³-hybridized carbons (Fsp3) is 0.878. The number of nitrogens with one attached hydrogen (secondary N) is 6. The molecule has 6 N–H and O–H groups in total. The van der Waals surface area contributed by atoms with Crippen LogP contribution in [-0.2, 0) is 47.7 Å². The predicted octanol–water partition coefficient (Wildman–Crippen LogP) is 6.18. The van der Waals surface area contributed by atoms with Crippen LogP contribution in [0, 0.1) is 5.92 Å². The summed E-state index contributed by atoms with van der Waals surface area (Å²) in [6.45, 7) is 10.8. The second-order valence-corrected chi connectivity index (χ2v) is 17.3. The fourth-order valence-electron chi connectivity index (χ4n) is 6.74. The Labute approximate surface area is 393 Å². The molecule has 0 radical (unpaired) electrons. The van der Waals surface area contributed by atoms with E-state index in [9.17, 15) is 28.8 Å². The minimum atomic E-state index is -0.284. The average Bonchev–Trinajstić information content (AvgIpc) is 3.28. The van der Waals surface area contributed by atoms with Gasteiger partial charge in [0.05, 0.1) is 39.6 Å². The normalized spacial score (nSPS) is 11.1. The quantitative estimate of drug-likeness (QED) is 0.0382. The van der Waals surface area contributed by atoms with E-state index in [-0.39, 0.29) is 88.1 Å². The van der Waals surface area contributed by atoms with Gasteiger partial charge in [-0.1, -0.05) is 124 Å². The third kappa shape index (κ3) is 49.9. The van der Waals surface area contributed by atoms with E-state index in [0.29, 0.717) is 84.4 Å². The minimum absolute atomic E-state index is 0.000878. The Hall–Kier alpha value is -3.34. The topological polar surface area (TPSA) is 212 Å². The largest absolute Gasteiger partial charge is 0.377 e. The zero-order valence-corrected chi connectivity index (χ0v) is 41.2. The van der Waals surface area contributed by atoms with Crippen LogP contribution in [0.5, 0.6) is 0 Å². The Morgan fingerprint density at radius 2 is 0.631 bits per heavy atom. The van der Waals surface area contributed by atoms with Crippen molar-refractivity contribution in [2.75, 3.05) is 92.1 Å². The Morgan fingerprint density at radius 3 is 1.03 bits per heavy atom. The second-order valence-electron chi connectivity index (χ2n) is 17.3. The molecule has 0 fully saturated rings. The van der Waals surface area contributed by atoms with Gasteiger partial charge in [-0.25, -0.2) is 0 Å². The highest BCUT2D eigenvalue weighted by atomic mass is 16.5. The molecular formula is C49H94N6O10. The molecule has 0 heterocycles. The molecule has 0 spiro atoms. The second kappa shape index (κ2) is 48.6. The van der Waals surface area contributed by atoms with E-state index in [1.165, 1.54) is 83.5 Å². The Morgan fingerprint density at radius 1 is 0.323 bits per heavy atom. The number of carbonyl (C=O) groups excluding carboxylic acids is 6. The first-order chi connectivity index (χ1) is 31.6. The molecular weight excluding hydrogens is 833 g/mol. The monoisotopic (exact) mass is 927 g/mol. The molecule has 16 heteroatoms. The van der Waals surface area contributed by atoms with Crippen molar-refractivity contribution in [2.24, 2.45) is 5.92 Å². The third-order valence-corrected chi connectivity index (χ3v) is 10.6. The SMILES string of the molecule is CCCCCNC(=O)CCCNC(=O)COCCOCCNC(=O)COCCOCCNC(=O)CCCNC(=O)CCCNC(=O)CCCCCCCCCCCCCCCCC(C)C. The molecule has 0 saturated carbocycles. The van der Waals surface area contributed by atoms with Gasteiger partial charge in [0.15, 0.2) is 0 Å². The van der Waals surface area contributed by atoms with Crippen LogP contribution in [0.2, 0.25) is 0 Å². The number of ether oxygens (including phenoxy) is 4. The van der Waals surface area contributed by atoms with Crippen molar-refractivity contribution in [2.45, 2.75) is 181 Å². The van der Waals surface area contributed by atoms with E-state index >= 15 is 0 Å². The standard InChI is InChI=1S/C49H94N6O10/c1-4-5-20-29-50-45(57)27-23-32-53-48(60)41-64-39-38-63-36-34-55-49(61)42-65-40-37-62-35-33-54-47(59)28-22-31-52-46(58)26-21-30-51-44(56)25-19-17-15-13-11-9-7-6-8-10-12-14-16-18-24-43(2)3/h43H,4-42H2,1-3H3,(H,50,57)(H,51,56)(H,52,58)(H,53,60)(H,54,59)(H,55,61). The molecule has 0 aromatic carbocycles. The number of amides is 6. The van der Waals surface area contributed by atoms with Crippen LogP contribution in [0.15, 0.2) is 0 Å². The third-order valence-electron chi connectivity index (χ3n) is 10.6. The lowest BCUT2D eigenvalue weighted by Crippen LogP contribution is -2.32. The van der Waals surface area contributed by atoms with Gasteiger partial charge in [-0.15, -0.1) is 0 Å². The number of carbonyl (C=O) groups is 6. The summed E-state index contributed by atoms with van der Waals surface area (Å²) in [5.74, 6) is 0.149. The zero-order chi connectivity index (χ0) is 47.7. The Kier molecular flexibility index (Phi) is 46.1. The molecule has 65 heavy (non-hydrogen) atoms. The lowest BCUT2D eigenvalue weighted by molar-refractivity contribution is -0.127. The van der Waals surface area contributed by atoms with Gasteiger partial charge in [0.2, 0.25) is 35.4 Å². The van der Waals surface area contributed by atoms with Crippen molar-refractivity contribution >= 4 is 35.4 Å². The highest BCUT2D eigenvalue weighted by Crippen LogP contribution is 2.15. The summed E-state index contributed by atoms with van der Waals surface area (Å²) in [6.07, 6.45) is 25.9. The van der Waals surface area contributed by atoms with Gasteiger partial charge in [0.1, 0.15) is 13.2 Å². The zero-order valence-electron chi connectivity index (χ0n) is 41.2. The molecule has 0 bridgehead atoms. The van der Waals surface area contributed by atoms with E-state index in [1.54, 1.807) is 0 Å². The van der Waals surface area contributed by atoms with Gasteiger partial charge in [-0.2, -0.15) is 0 Å². The average molecular weight is 927 g/mol. The van der Waals surface area contributed by atoms with Crippen LogP contribution in [-0.4, -0.2) is 128 Å². The van der Waals surface area contributed by atoms with Crippen LogP contribution in [0.25, 0.3) is 0 Å². The highest BCUT2D eigenvalue weighted by Gasteiger charge is 2.07. The van der Waals surface area contributed by atoms with Gasteiger partial charge >= 0.3 is 0 Å². The summed E-state index contributed by atoms with van der Waals surface area (Å²) < 4.78 is 21.4. The van der Waals surface area contributed by atoms with Crippen LogP contribution in [0.1, 0.15) is 181 Å². The van der Waals surface area contributed by atoms with E-state index in [4.69, 9.17) is 18.9 Å². The molecule has 0 saturated heterocycles. The van der Waals surface area contributed by atoms with E-state index < -0.39 is 0 Å². The fourth-order valence-corrected chi connectivity index (χ4v) is 6.74. The summed E-state index contributed by atoms with van der Waals surface area (Å²) in [7, 11) is 0. The summed E-state index contributed by atoms with van der Waals surface area (Å²) in [4.78, 5) is 71.8. The van der Waals surface area contributed by atoms with Gasteiger partial charge in [-0.3, -0.25) is 28.8 Å². The first-order valence-corrected chi connectivity index (χ1v) is 25.5. The lowest BCUT2D eigenvalue weighted by Gasteiger charge is -2.09. The van der Waals surface area contributed by atoms with Gasteiger partial charge < -0.3 is 50.8 Å². The van der Waals surface area contributed by atoms with Crippen molar-refractivity contribution in [3.05, 3.63) is 0 Å². The van der Waals surface area contributed by atoms with Crippen molar-refractivity contribution in [1.82, 2.24) is 31.9 Å². The number of hydrogen-bond acceptors (Lipinski definition) is 10. The first-order valence-electron chi connectivity index (χ1n) is 25.5. The van der Waals surface area contributed by atoms with Gasteiger partial charge in [0.25, 0.3) is 0 Å². The molecule has 0 aromatic heterocycles.